The number of carbonyl (C=O) groups is 2. The average molecular weight is 500 g/mol. The highest BCUT2D eigenvalue weighted by atomic mass is 35.5. The zero-order chi connectivity index (χ0) is 24.1. The second-order valence-corrected chi connectivity index (χ2v) is 10.2. The molecule has 0 heterocycles. The average Bonchev–Trinajstić information content (AvgIpc) is 2.72. The molecular formula is C22H27Cl2N3O4S. The summed E-state index contributed by atoms with van der Waals surface area (Å²) in [7, 11) is -2.30. The molecule has 7 nitrogen and oxygen atoms in total. The lowest BCUT2D eigenvalue weighted by Gasteiger charge is -2.33. The molecule has 0 bridgehead atoms. The van der Waals surface area contributed by atoms with Crippen molar-refractivity contribution >= 4 is 50.7 Å². The number of rotatable bonds is 9. The molecule has 1 atom stereocenters. The molecule has 0 saturated heterocycles. The van der Waals surface area contributed by atoms with Crippen molar-refractivity contribution in [2.24, 2.45) is 0 Å². The van der Waals surface area contributed by atoms with Gasteiger partial charge in [-0.1, -0.05) is 42.3 Å². The third kappa shape index (κ3) is 6.60. The van der Waals surface area contributed by atoms with Gasteiger partial charge in [0.1, 0.15) is 12.6 Å². The van der Waals surface area contributed by atoms with Crippen LogP contribution in [-0.4, -0.2) is 51.0 Å². The van der Waals surface area contributed by atoms with Crippen LogP contribution in [0.1, 0.15) is 24.5 Å². The highest BCUT2D eigenvalue weighted by Gasteiger charge is 2.31. The van der Waals surface area contributed by atoms with Crippen molar-refractivity contribution in [3.8, 4) is 0 Å². The Labute approximate surface area is 199 Å². The van der Waals surface area contributed by atoms with Gasteiger partial charge in [0.25, 0.3) is 0 Å². The maximum absolute atomic E-state index is 13.4. The van der Waals surface area contributed by atoms with Crippen molar-refractivity contribution in [1.82, 2.24) is 10.2 Å². The van der Waals surface area contributed by atoms with E-state index < -0.39 is 28.5 Å². The van der Waals surface area contributed by atoms with Crippen LogP contribution in [0, 0.1) is 6.92 Å². The first-order valence-electron chi connectivity index (χ1n) is 9.97. The van der Waals surface area contributed by atoms with E-state index in [0.717, 1.165) is 16.1 Å². The molecule has 1 N–H and O–H groups in total. The largest absolute Gasteiger partial charge is 0.357 e. The molecule has 0 aliphatic rings. The van der Waals surface area contributed by atoms with Crippen LogP contribution in [-0.2, 0) is 26.2 Å². The minimum Gasteiger partial charge on any atom is -0.357 e. The molecule has 0 radical (unpaired) electrons. The molecule has 0 saturated carbocycles. The summed E-state index contributed by atoms with van der Waals surface area (Å²) in [6.45, 7) is 3.18. The minimum absolute atomic E-state index is 0.124. The predicted octanol–water partition coefficient (Wildman–Crippen LogP) is 3.62. The van der Waals surface area contributed by atoms with Crippen LogP contribution in [0.2, 0.25) is 10.0 Å². The van der Waals surface area contributed by atoms with Crippen LogP contribution in [0.15, 0.2) is 42.5 Å². The Morgan fingerprint density at radius 1 is 1.06 bits per heavy atom. The van der Waals surface area contributed by atoms with E-state index in [2.05, 4.69) is 5.32 Å². The summed E-state index contributed by atoms with van der Waals surface area (Å²) in [5.41, 5.74) is 1.72. The number of amides is 2. The van der Waals surface area contributed by atoms with Gasteiger partial charge in [0, 0.05) is 23.6 Å². The lowest BCUT2D eigenvalue weighted by molar-refractivity contribution is -0.140. The molecule has 2 aromatic rings. The second-order valence-electron chi connectivity index (χ2n) is 7.39. The summed E-state index contributed by atoms with van der Waals surface area (Å²) in [5, 5.41) is 3.58. The van der Waals surface area contributed by atoms with E-state index in [-0.39, 0.29) is 12.5 Å². The first-order valence-corrected chi connectivity index (χ1v) is 12.6. The SMILES string of the molecule is CCC(C(=O)NC)N(Cc1ccc(Cl)cc1)C(=O)CN(c1ccc(Cl)cc1C)S(C)(=O)=O. The number of nitrogens with one attached hydrogen (secondary N) is 1. The fourth-order valence-electron chi connectivity index (χ4n) is 3.37. The zero-order valence-electron chi connectivity index (χ0n) is 18.4. The van der Waals surface area contributed by atoms with E-state index in [4.69, 9.17) is 23.2 Å². The van der Waals surface area contributed by atoms with Gasteiger partial charge in [-0.25, -0.2) is 8.42 Å². The van der Waals surface area contributed by atoms with E-state index in [1.807, 2.05) is 0 Å². The number of hydrogen-bond acceptors (Lipinski definition) is 4. The van der Waals surface area contributed by atoms with Gasteiger partial charge < -0.3 is 10.2 Å². The first kappa shape index (κ1) is 26.0. The number of hydrogen-bond donors (Lipinski definition) is 1. The number of sulfonamides is 1. The molecule has 1 unspecified atom stereocenters. The molecular weight excluding hydrogens is 473 g/mol. The maximum Gasteiger partial charge on any atom is 0.244 e. The molecule has 2 aromatic carbocycles. The monoisotopic (exact) mass is 499 g/mol. The molecule has 0 aromatic heterocycles. The van der Waals surface area contributed by atoms with Crippen molar-refractivity contribution in [2.45, 2.75) is 32.9 Å². The zero-order valence-corrected chi connectivity index (χ0v) is 20.8. The fraction of sp³-hybridized carbons (Fsp3) is 0.364. The normalized spacial score (nSPS) is 12.2. The molecule has 2 rings (SSSR count). The lowest BCUT2D eigenvalue weighted by Crippen LogP contribution is -2.51. The minimum atomic E-state index is -3.79. The van der Waals surface area contributed by atoms with Crippen molar-refractivity contribution in [3.63, 3.8) is 0 Å². The standard InChI is InChI=1S/C22H27Cl2N3O4S/c1-5-19(22(29)25-3)26(13-16-6-8-17(23)9-7-16)21(28)14-27(32(4,30)31)20-11-10-18(24)12-15(20)2/h6-12,19H,5,13-14H2,1-4H3,(H,25,29). The van der Waals surface area contributed by atoms with Crippen LogP contribution < -0.4 is 9.62 Å². The predicted molar refractivity (Wildman–Crippen MR) is 129 cm³/mol. The topological polar surface area (TPSA) is 86.8 Å². The van der Waals surface area contributed by atoms with Crippen molar-refractivity contribution in [3.05, 3.63) is 63.6 Å². The second kappa shape index (κ2) is 11.0. The molecule has 32 heavy (non-hydrogen) atoms. The van der Waals surface area contributed by atoms with Gasteiger partial charge in [0.05, 0.1) is 11.9 Å². The van der Waals surface area contributed by atoms with Crippen LogP contribution in [0.4, 0.5) is 5.69 Å². The number of halogens is 2. The summed E-state index contributed by atoms with van der Waals surface area (Å²) in [5.74, 6) is -0.835. The maximum atomic E-state index is 13.4. The number of carbonyl (C=O) groups excluding carboxylic acids is 2. The molecule has 0 aliphatic heterocycles. The van der Waals surface area contributed by atoms with Crippen molar-refractivity contribution in [1.29, 1.82) is 0 Å². The Morgan fingerprint density at radius 3 is 2.16 bits per heavy atom. The first-order chi connectivity index (χ1) is 15.0. The Kier molecular flexibility index (Phi) is 8.95. The van der Waals surface area contributed by atoms with Gasteiger partial charge in [-0.3, -0.25) is 13.9 Å². The van der Waals surface area contributed by atoms with Crippen molar-refractivity contribution in [2.75, 3.05) is 24.2 Å². The number of anilines is 1. The third-order valence-corrected chi connectivity index (χ3v) is 6.62. The van der Waals surface area contributed by atoms with Crippen LogP contribution in [0.3, 0.4) is 0 Å². The van der Waals surface area contributed by atoms with Gasteiger partial charge in [0.15, 0.2) is 0 Å². The number of likely N-dealkylation sites (N-methyl/N-ethyl adjacent to an activating group) is 1. The lowest BCUT2D eigenvalue weighted by atomic mass is 10.1. The summed E-state index contributed by atoms with van der Waals surface area (Å²) in [4.78, 5) is 27.3. The van der Waals surface area contributed by atoms with E-state index in [0.29, 0.717) is 27.7 Å². The third-order valence-electron chi connectivity index (χ3n) is 5.01. The van der Waals surface area contributed by atoms with E-state index in [9.17, 15) is 18.0 Å². The Hall–Kier alpha value is -2.29. The van der Waals surface area contributed by atoms with Gasteiger partial charge >= 0.3 is 0 Å². The van der Waals surface area contributed by atoms with Crippen LogP contribution >= 0.6 is 23.2 Å². The molecule has 0 fully saturated rings. The molecule has 0 spiro atoms. The smallest absolute Gasteiger partial charge is 0.244 e. The van der Waals surface area contributed by atoms with Gasteiger partial charge in [-0.2, -0.15) is 0 Å². The molecule has 2 amide bonds. The van der Waals surface area contributed by atoms with Gasteiger partial charge in [0.2, 0.25) is 21.8 Å². The van der Waals surface area contributed by atoms with E-state index in [1.54, 1.807) is 56.3 Å². The molecule has 10 heteroatoms. The van der Waals surface area contributed by atoms with Crippen molar-refractivity contribution < 1.29 is 18.0 Å². The van der Waals surface area contributed by atoms with Gasteiger partial charge in [-0.15, -0.1) is 0 Å². The summed E-state index contributed by atoms with van der Waals surface area (Å²) < 4.78 is 26.2. The molecule has 0 aliphatic carbocycles. The van der Waals surface area contributed by atoms with Gasteiger partial charge in [-0.05, 0) is 54.8 Å². The Bertz CT molecular complexity index is 1080. The fourth-order valence-corrected chi connectivity index (χ4v) is 4.63. The summed E-state index contributed by atoms with van der Waals surface area (Å²) in [6, 6.07) is 10.9. The number of benzene rings is 2. The highest BCUT2D eigenvalue weighted by molar-refractivity contribution is 7.92. The summed E-state index contributed by atoms with van der Waals surface area (Å²) >= 11 is 12.0. The van der Waals surface area contributed by atoms with E-state index >= 15 is 0 Å². The number of aryl methyl sites for hydroxylation is 1. The Balaban J connectivity index is 2.45. The molecule has 174 valence electrons. The van der Waals surface area contributed by atoms with Crippen LogP contribution in [0.5, 0.6) is 0 Å². The Morgan fingerprint density at radius 2 is 1.66 bits per heavy atom. The quantitative estimate of drug-likeness (QED) is 0.570. The summed E-state index contributed by atoms with van der Waals surface area (Å²) in [6.07, 6.45) is 1.39. The highest BCUT2D eigenvalue weighted by Crippen LogP contribution is 2.26. The number of nitrogens with zero attached hydrogens (tertiary/aromatic N) is 2. The van der Waals surface area contributed by atoms with Crippen LogP contribution in [0.25, 0.3) is 0 Å². The van der Waals surface area contributed by atoms with E-state index in [1.165, 1.54) is 11.9 Å².